The fourth-order valence-electron chi connectivity index (χ4n) is 1.52. The van der Waals surface area contributed by atoms with Crippen LogP contribution in [0.2, 0.25) is 0 Å². The first-order valence-electron chi connectivity index (χ1n) is 5.22. The lowest BCUT2D eigenvalue weighted by atomic mass is 10.2. The molecule has 0 fully saturated rings. The molecule has 19 heavy (non-hydrogen) atoms. The van der Waals surface area contributed by atoms with Crippen molar-refractivity contribution < 1.29 is 9.18 Å². The normalized spacial score (nSPS) is 10.0. The van der Waals surface area contributed by atoms with Crippen molar-refractivity contribution in [3.63, 3.8) is 0 Å². The minimum absolute atomic E-state index is 0.106. The van der Waals surface area contributed by atoms with E-state index in [1.165, 1.54) is 23.0 Å². The number of carbonyl (C=O) groups is 1. The van der Waals surface area contributed by atoms with Crippen LogP contribution in [0, 0.1) is 17.1 Å². The van der Waals surface area contributed by atoms with Crippen molar-refractivity contribution in [2.24, 2.45) is 7.05 Å². The Hall–Kier alpha value is -2.20. The summed E-state index contributed by atoms with van der Waals surface area (Å²) in [6, 6.07) is 6.29. The van der Waals surface area contributed by atoms with E-state index < -0.39 is 11.7 Å². The van der Waals surface area contributed by atoms with Crippen LogP contribution in [-0.2, 0) is 7.05 Å². The second-order valence-electron chi connectivity index (χ2n) is 3.73. The van der Waals surface area contributed by atoms with Crippen LogP contribution >= 0.6 is 15.9 Å². The third-order valence-electron chi connectivity index (χ3n) is 2.38. The molecule has 0 aliphatic carbocycles. The van der Waals surface area contributed by atoms with Crippen molar-refractivity contribution in [3.8, 4) is 6.07 Å². The highest BCUT2D eigenvalue weighted by molar-refractivity contribution is 9.10. The van der Waals surface area contributed by atoms with Crippen molar-refractivity contribution in [2.75, 3.05) is 5.32 Å². The maximum Gasteiger partial charge on any atom is 0.259 e. The van der Waals surface area contributed by atoms with E-state index in [-0.39, 0.29) is 21.4 Å². The van der Waals surface area contributed by atoms with Crippen LogP contribution in [0.5, 0.6) is 0 Å². The van der Waals surface area contributed by atoms with E-state index >= 15 is 0 Å². The maximum absolute atomic E-state index is 13.7. The molecule has 1 amide bonds. The number of hydrogen-bond donors (Lipinski definition) is 1. The van der Waals surface area contributed by atoms with Gasteiger partial charge >= 0.3 is 0 Å². The van der Waals surface area contributed by atoms with Crippen molar-refractivity contribution in [2.45, 2.75) is 0 Å². The van der Waals surface area contributed by atoms with Crippen LogP contribution in [0.1, 0.15) is 15.9 Å². The number of amides is 1. The summed E-state index contributed by atoms with van der Waals surface area (Å²) in [4.78, 5) is 11.9. The number of carbonyl (C=O) groups excluding carboxylic acids is 1. The van der Waals surface area contributed by atoms with E-state index in [1.807, 2.05) is 6.07 Å². The molecular formula is C12H8BrFN4O. The van der Waals surface area contributed by atoms with Gasteiger partial charge in [0.25, 0.3) is 5.91 Å². The quantitative estimate of drug-likeness (QED) is 0.923. The molecular weight excluding hydrogens is 315 g/mol. The number of nitrogens with one attached hydrogen (secondary N) is 1. The molecule has 1 heterocycles. The average Bonchev–Trinajstić information content (AvgIpc) is 2.72. The molecule has 0 saturated heterocycles. The minimum atomic E-state index is -0.658. The Bertz CT molecular complexity index is 690. The number of nitrogens with zero attached hydrogens (tertiary/aromatic N) is 3. The molecule has 1 aromatic heterocycles. The molecule has 0 aliphatic rings. The van der Waals surface area contributed by atoms with Gasteiger partial charge in [0.05, 0.1) is 10.0 Å². The van der Waals surface area contributed by atoms with Crippen LogP contribution < -0.4 is 5.32 Å². The summed E-state index contributed by atoms with van der Waals surface area (Å²) in [5, 5.41) is 15.2. The zero-order valence-electron chi connectivity index (χ0n) is 9.82. The Morgan fingerprint density at radius 2 is 2.32 bits per heavy atom. The molecule has 0 unspecified atom stereocenters. The van der Waals surface area contributed by atoms with E-state index in [9.17, 15) is 9.18 Å². The van der Waals surface area contributed by atoms with Crippen molar-refractivity contribution in [1.29, 1.82) is 5.26 Å². The molecule has 0 radical (unpaired) electrons. The standard InChI is InChI=1S/C12H8BrFN4O/c1-18-6-7(5-15)11(17-18)16-12(19)8-3-2-4-9(13)10(8)14/h2-4,6H,1H3,(H,16,17,19). The fourth-order valence-corrected chi connectivity index (χ4v) is 1.88. The van der Waals surface area contributed by atoms with E-state index in [0.717, 1.165) is 0 Å². The highest BCUT2D eigenvalue weighted by atomic mass is 79.9. The second kappa shape index (κ2) is 5.20. The maximum atomic E-state index is 13.7. The fraction of sp³-hybridized carbons (Fsp3) is 0.0833. The zero-order chi connectivity index (χ0) is 14.0. The number of aromatic nitrogens is 2. The first-order chi connectivity index (χ1) is 9.02. The van der Waals surface area contributed by atoms with Gasteiger partial charge in [0.1, 0.15) is 17.4 Å². The summed E-state index contributed by atoms with van der Waals surface area (Å²) in [5.41, 5.74) is 0.0928. The van der Waals surface area contributed by atoms with Gasteiger partial charge in [-0.3, -0.25) is 9.48 Å². The number of nitriles is 1. The topological polar surface area (TPSA) is 70.7 Å². The van der Waals surface area contributed by atoms with Crippen molar-refractivity contribution >= 4 is 27.7 Å². The monoisotopic (exact) mass is 322 g/mol. The Kier molecular flexibility index (Phi) is 3.62. The lowest BCUT2D eigenvalue weighted by molar-refractivity contribution is 0.102. The van der Waals surface area contributed by atoms with Gasteiger partial charge in [0, 0.05) is 13.2 Å². The van der Waals surface area contributed by atoms with Crippen LogP contribution in [0.3, 0.4) is 0 Å². The third-order valence-corrected chi connectivity index (χ3v) is 2.99. The predicted octanol–water partition coefficient (Wildman–Crippen LogP) is 2.45. The zero-order valence-corrected chi connectivity index (χ0v) is 11.4. The summed E-state index contributed by atoms with van der Waals surface area (Å²) in [6.45, 7) is 0. The predicted molar refractivity (Wildman–Crippen MR) is 70.0 cm³/mol. The van der Waals surface area contributed by atoms with Crippen LogP contribution in [0.25, 0.3) is 0 Å². The molecule has 0 bridgehead atoms. The number of anilines is 1. The molecule has 0 atom stereocenters. The lowest BCUT2D eigenvalue weighted by Crippen LogP contribution is -2.15. The van der Waals surface area contributed by atoms with E-state index in [2.05, 4.69) is 26.3 Å². The molecule has 2 rings (SSSR count). The number of hydrogen-bond acceptors (Lipinski definition) is 3. The molecule has 2 aromatic rings. The first-order valence-corrected chi connectivity index (χ1v) is 6.01. The number of benzene rings is 1. The SMILES string of the molecule is Cn1cc(C#N)c(NC(=O)c2cccc(Br)c2F)n1. The summed E-state index contributed by atoms with van der Waals surface area (Å²) in [7, 11) is 1.62. The average molecular weight is 323 g/mol. The number of rotatable bonds is 2. The van der Waals surface area contributed by atoms with Gasteiger partial charge in [-0.15, -0.1) is 0 Å². The second-order valence-corrected chi connectivity index (χ2v) is 4.59. The van der Waals surface area contributed by atoms with Gasteiger partial charge in [-0.05, 0) is 28.1 Å². The lowest BCUT2D eigenvalue weighted by Gasteiger charge is -2.04. The summed E-state index contributed by atoms with van der Waals surface area (Å²) in [6.07, 6.45) is 1.47. The van der Waals surface area contributed by atoms with E-state index in [0.29, 0.717) is 0 Å². The van der Waals surface area contributed by atoms with Crippen LogP contribution in [-0.4, -0.2) is 15.7 Å². The van der Waals surface area contributed by atoms with Gasteiger partial charge in [-0.2, -0.15) is 10.4 Å². The summed E-state index contributed by atoms with van der Waals surface area (Å²) >= 11 is 3.00. The number of halogens is 2. The first kappa shape index (κ1) is 13.2. The van der Waals surface area contributed by atoms with Crippen LogP contribution in [0.15, 0.2) is 28.9 Å². The molecule has 1 N–H and O–H groups in total. The highest BCUT2D eigenvalue weighted by Gasteiger charge is 2.17. The Morgan fingerprint density at radius 1 is 1.58 bits per heavy atom. The van der Waals surface area contributed by atoms with Crippen LogP contribution in [0.4, 0.5) is 10.2 Å². The molecule has 7 heteroatoms. The van der Waals surface area contributed by atoms with E-state index in [4.69, 9.17) is 5.26 Å². The highest BCUT2D eigenvalue weighted by Crippen LogP contribution is 2.20. The Balaban J connectivity index is 2.31. The summed E-state index contributed by atoms with van der Waals surface area (Å²) < 4.78 is 15.3. The largest absolute Gasteiger partial charge is 0.304 e. The van der Waals surface area contributed by atoms with Crippen molar-refractivity contribution in [3.05, 3.63) is 45.8 Å². The molecule has 0 saturated carbocycles. The Morgan fingerprint density at radius 3 is 3.00 bits per heavy atom. The van der Waals surface area contributed by atoms with E-state index in [1.54, 1.807) is 13.1 Å². The molecule has 1 aromatic carbocycles. The number of aryl methyl sites for hydroxylation is 1. The van der Waals surface area contributed by atoms with Gasteiger partial charge in [-0.1, -0.05) is 6.07 Å². The summed E-state index contributed by atoms with van der Waals surface area (Å²) in [5.74, 6) is -1.21. The molecule has 96 valence electrons. The van der Waals surface area contributed by atoms with Gasteiger partial charge in [0.15, 0.2) is 5.82 Å². The van der Waals surface area contributed by atoms with Crippen molar-refractivity contribution in [1.82, 2.24) is 9.78 Å². The molecule has 5 nitrogen and oxygen atoms in total. The Labute approximate surface area is 116 Å². The van der Waals surface area contributed by atoms with Gasteiger partial charge < -0.3 is 5.32 Å². The van der Waals surface area contributed by atoms with Gasteiger partial charge in [-0.25, -0.2) is 4.39 Å². The smallest absolute Gasteiger partial charge is 0.259 e. The minimum Gasteiger partial charge on any atom is -0.304 e. The molecule has 0 spiro atoms. The van der Waals surface area contributed by atoms with Gasteiger partial charge in [0.2, 0.25) is 0 Å². The molecule has 0 aliphatic heterocycles. The third kappa shape index (κ3) is 2.63.